The molecule has 1 aromatic carbocycles. The molecule has 0 spiro atoms. The van der Waals surface area contributed by atoms with E-state index < -0.39 is 30.0 Å². The fraction of sp³-hybridized carbons (Fsp3) is 0.469. The Labute approximate surface area is 276 Å². The second-order valence-corrected chi connectivity index (χ2v) is 12.7. The van der Waals surface area contributed by atoms with E-state index in [4.69, 9.17) is 9.15 Å². The number of hydrogen-bond acceptors (Lipinski definition) is 10. The number of aryl methyl sites for hydroxylation is 1. The Morgan fingerprint density at radius 2 is 1.83 bits per heavy atom. The predicted octanol–water partition coefficient (Wildman–Crippen LogP) is 2.77. The maximum Gasteiger partial charge on any atom is 0.410 e. The fourth-order valence-electron chi connectivity index (χ4n) is 5.37. The average molecular weight is 666 g/mol. The van der Waals surface area contributed by atoms with Gasteiger partial charge in [-0.25, -0.2) is 14.8 Å². The summed E-state index contributed by atoms with van der Waals surface area (Å²) >= 11 is 1.26. The summed E-state index contributed by atoms with van der Waals surface area (Å²) in [4.78, 5) is 76.8. The monoisotopic (exact) mass is 665 g/mol. The van der Waals surface area contributed by atoms with Gasteiger partial charge in [0, 0.05) is 37.9 Å². The minimum Gasteiger partial charge on any atom is -0.448 e. The van der Waals surface area contributed by atoms with Crippen molar-refractivity contribution in [1.29, 1.82) is 0 Å². The molecule has 1 saturated heterocycles. The van der Waals surface area contributed by atoms with E-state index in [-0.39, 0.29) is 74.2 Å². The number of hydrogen-bond donors (Lipinski definition) is 3. The molecule has 2 aromatic heterocycles. The zero-order valence-electron chi connectivity index (χ0n) is 26.6. The summed E-state index contributed by atoms with van der Waals surface area (Å²) in [5, 5.41) is 11.0. The van der Waals surface area contributed by atoms with Gasteiger partial charge in [0.1, 0.15) is 35.7 Å². The van der Waals surface area contributed by atoms with Crippen LogP contribution >= 0.6 is 11.3 Å². The molecule has 3 aromatic rings. The zero-order valence-corrected chi connectivity index (χ0v) is 27.4. The third-order valence-electron chi connectivity index (χ3n) is 7.94. The Morgan fingerprint density at radius 3 is 2.55 bits per heavy atom. The van der Waals surface area contributed by atoms with Crippen LogP contribution in [0.15, 0.2) is 40.1 Å². The van der Waals surface area contributed by atoms with Crippen LogP contribution in [0.3, 0.4) is 0 Å². The molecule has 0 aliphatic carbocycles. The van der Waals surface area contributed by atoms with Gasteiger partial charge in [0.25, 0.3) is 11.8 Å². The third-order valence-corrected chi connectivity index (χ3v) is 8.87. The number of fused-ring (bicyclic) bond motifs is 4. The van der Waals surface area contributed by atoms with Gasteiger partial charge < -0.3 is 30.0 Å². The Hall–Kier alpha value is -4.79. The predicted molar refractivity (Wildman–Crippen MR) is 170 cm³/mol. The number of cyclic esters (lactones) is 1. The molecule has 0 saturated carbocycles. The van der Waals surface area contributed by atoms with Crippen molar-refractivity contribution < 1.29 is 33.1 Å². The average Bonchev–Trinajstić information content (AvgIpc) is 3.79. The van der Waals surface area contributed by atoms with Crippen LogP contribution in [0, 0.1) is 12.8 Å². The smallest absolute Gasteiger partial charge is 0.410 e. The minimum absolute atomic E-state index is 0.0666. The van der Waals surface area contributed by atoms with Crippen molar-refractivity contribution in [3.63, 3.8) is 0 Å². The van der Waals surface area contributed by atoms with Crippen molar-refractivity contribution in [1.82, 2.24) is 35.7 Å². The first-order valence-corrected chi connectivity index (χ1v) is 16.5. The summed E-state index contributed by atoms with van der Waals surface area (Å²) in [5.41, 5.74) is 1.23. The summed E-state index contributed by atoms with van der Waals surface area (Å²) < 4.78 is 10.9. The van der Waals surface area contributed by atoms with E-state index >= 15 is 0 Å². The third kappa shape index (κ3) is 8.52. The second-order valence-electron chi connectivity index (χ2n) is 11.8. The van der Waals surface area contributed by atoms with Crippen LogP contribution < -0.4 is 16.0 Å². The van der Waals surface area contributed by atoms with E-state index in [0.717, 1.165) is 5.56 Å². The highest BCUT2D eigenvalue weighted by atomic mass is 32.1. The van der Waals surface area contributed by atoms with Gasteiger partial charge in [-0.2, -0.15) is 0 Å². The van der Waals surface area contributed by atoms with Crippen LogP contribution in [0.25, 0.3) is 0 Å². The highest BCUT2D eigenvalue weighted by Crippen LogP contribution is 2.27. The Bertz CT molecular complexity index is 1610. The lowest BCUT2D eigenvalue weighted by Gasteiger charge is -2.25. The molecule has 2 aliphatic heterocycles. The number of ether oxygens (including phenoxy) is 1. The number of oxazole rings is 1. The van der Waals surface area contributed by atoms with Gasteiger partial charge in [-0.05, 0) is 24.8 Å². The lowest BCUT2D eigenvalue weighted by molar-refractivity contribution is -0.132. The molecule has 4 heterocycles. The van der Waals surface area contributed by atoms with Crippen LogP contribution in [-0.4, -0.2) is 88.8 Å². The largest absolute Gasteiger partial charge is 0.448 e. The SMILES string of the molecule is Cc1oc2nc1C(=O)N[C@@H](C(C)C)c1nc(cs1)C(=O)NCCN(C(=O)CN1CCOC1=O)CCCC(=O)N[C@H]2Cc1ccccc1. The van der Waals surface area contributed by atoms with Gasteiger partial charge in [0.15, 0.2) is 5.69 Å². The lowest BCUT2D eigenvalue weighted by atomic mass is 10.0. The molecule has 0 radical (unpaired) electrons. The number of thiazole rings is 1. The first kappa shape index (κ1) is 33.6. The maximum absolute atomic E-state index is 13.5. The fourth-order valence-corrected chi connectivity index (χ4v) is 6.39. The summed E-state index contributed by atoms with van der Waals surface area (Å²) in [7, 11) is 0. The van der Waals surface area contributed by atoms with Gasteiger partial charge in [-0.3, -0.25) is 24.1 Å². The van der Waals surface area contributed by atoms with Gasteiger partial charge >= 0.3 is 6.09 Å². The standard InChI is InChI=1S/C32H39N7O7S/c1-19(2)26-31-35-23(18-47-31)28(42)33-11-13-38(25(41)17-39-14-15-45-32(39)44)12-7-10-24(40)34-22(16-21-8-5-4-6-9-21)30-37-27(20(3)46-30)29(43)36-26/h4-6,8-9,18-19,22,26H,7,10-17H2,1-3H3,(H,33,42)(H,34,40)(H,36,43)/t22-,26-/m0/s1. The van der Waals surface area contributed by atoms with Crippen molar-refractivity contribution in [2.45, 2.75) is 52.1 Å². The van der Waals surface area contributed by atoms with Crippen LogP contribution in [-0.2, 0) is 20.7 Å². The van der Waals surface area contributed by atoms with E-state index in [1.54, 1.807) is 12.3 Å². The number of nitrogens with one attached hydrogen (secondary N) is 3. The molecule has 5 rings (SSSR count). The number of rotatable bonds is 5. The van der Waals surface area contributed by atoms with Crippen molar-refractivity contribution >= 4 is 41.1 Å². The highest BCUT2D eigenvalue weighted by Gasteiger charge is 2.30. The molecular weight excluding hydrogens is 626 g/mol. The molecule has 250 valence electrons. The zero-order chi connectivity index (χ0) is 33.5. The molecule has 0 unspecified atom stereocenters. The van der Waals surface area contributed by atoms with E-state index in [9.17, 15) is 24.0 Å². The summed E-state index contributed by atoms with van der Waals surface area (Å²) in [6, 6.07) is 8.39. The Morgan fingerprint density at radius 1 is 1.04 bits per heavy atom. The van der Waals surface area contributed by atoms with Gasteiger partial charge in [-0.15, -0.1) is 11.3 Å². The van der Waals surface area contributed by atoms with Crippen molar-refractivity contribution in [3.05, 3.63) is 69.3 Å². The number of carbonyl (C=O) groups is 5. The molecule has 4 bridgehead atoms. The Balaban J connectivity index is 1.42. The van der Waals surface area contributed by atoms with Gasteiger partial charge in [0.2, 0.25) is 17.7 Å². The van der Waals surface area contributed by atoms with E-state index in [2.05, 4.69) is 25.9 Å². The maximum atomic E-state index is 13.5. The van der Waals surface area contributed by atoms with E-state index in [0.29, 0.717) is 30.2 Å². The second kappa shape index (κ2) is 15.2. The molecule has 2 aliphatic rings. The van der Waals surface area contributed by atoms with Gasteiger partial charge in [0.05, 0.1) is 12.6 Å². The van der Waals surface area contributed by atoms with Crippen LogP contribution in [0.5, 0.6) is 0 Å². The lowest BCUT2D eigenvalue weighted by Crippen LogP contribution is -2.44. The minimum atomic E-state index is -0.660. The topological polar surface area (TPSA) is 176 Å². The molecule has 47 heavy (non-hydrogen) atoms. The normalized spacial score (nSPS) is 20.0. The molecule has 5 amide bonds. The molecule has 1 fully saturated rings. The van der Waals surface area contributed by atoms with E-state index in [1.807, 2.05) is 44.2 Å². The van der Waals surface area contributed by atoms with E-state index in [1.165, 1.54) is 21.1 Å². The molecular formula is C32H39N7O7S. The summed E-state index contributed by atoms with van der Waals surface area (Å²) in [6.45, 7) is 6.38. The van der Waals surface area contributed by atoms with Crippen molar-refractivity contribution in [2.75, 3.05) is 39.3 Å². The number of benzene rings is 1. The number of carbonyl (C=O) groups excluding carboxylic acids is 5. The first-order valence-electron chi connectivity index (χ1n) is 15.6. The van der Waals surface area contributed by atoms with Crippen molar-refractivity contribution in [2.24, 2.45) is 5.92 Å². The van der Waals surface area contributed by atoms with Crippen LogP contribution in [0.2, 0.25) is 0 Å². The molecule has 14 nitrogen and oxygen atoms in total. The Kier molecular flexibility index (Phi) is 10.9. The first-order chi connectivity index (χ1) is 22.6. The molecule has 15 heteroatoms. The number of aromatic nitrogens is 2. The summed E-state index contributed by atoms with van der Waals surface area (Å²) in [6.07, 6.45) is 0.222. The molecule has 2 atom stereocenters. The van der Waals surface area contributed by atoms with Crippen LogP contribution in [0.4, 0.5) is 4.79 Å². The quantitative estimate of drug-likeness (QED) is 0.370. The summed E-state index contributed by atoms with van der Waals surface area (Å²) in [5.74, 6) is -1.06. The van der Waals surface area contributed by atoms with Crippen LogP contribution in [0.1, 0.15) is 82.0 Å². The molecule has 3 N–H and O–H groups in total. The number of nitrogens with zero attached hydrogens (tertiary/aromatic N) is 4. The number of amides is 5. The van der Waals surface area contributed by atoms with Gasteiger partial charge in [-0.1, -0.05) is 44.2 Å². The highest BCUT2D eigenvalue weighted by molar-refractivity contribution is 7.09. The van der Waals surface area contributed by atoms with Crippen molar-refractivity contribution in [3.8, 4) is 0 Å².